The number of nitrogens with two attached hydrogens (primary N) is 1. The molecule has 0 aromatic heterocycles. The number of hydrogen-bond donors (Lipinski definition) is 1. The molecule has 8 heteroatoms. The lowest BCUT2D eigenvalue weighted by Crippen LogP contribution is -2.22. The fourth-order valence-corrected chi connectivity index (χ4v) is 4.09. The Balaban J connectivity index is 1.75. The van der Waals surface area contributed by atoms with Crippen molar-refractivity contribution in [3.63, 3.8) is 0 Å². The summed E-state index contributed by atoms with van der Waals surface area (Å²) in [5, 5.41) is 9.77. The Labute approximate surface area is 190 Å². The Morgan fingerprint density at radius 2 is 1.97 bits per heavy atom. The van der Waals surface area contributed by atoms with Gasteiger partial charge in [0.05, 0.1) is 11.5 Å². The van der Waals surface area contributed by atoms with Crippen molar-refractivity contribution >= 4 is 33.5 Å². The van der Waals surface area contributed by atoms with E-state index in [9.17, 15) is 14.4 Å². The van der Waals surface area contributed by atoms with E-state index in [2.05, 4.69) is 15.9 Å². The van der Waals surface area contributed by atoms with Crippen molar-refractivity contribution in [1.29, 1.82) is 5.26 Å². The van der Waals surface area contributed by atoms with Crippen LogP contribution < -0.4 is 15.2 Å². The van der Waals surface area contributed by atoms with E-state index < -0.39 is 17.7 Å². The van der Waals surface area contributed by atoms with E-state index in [0.29, 0.717) is 15.6 Å². The van der Waals surface area contributed by atoms with Gasteiger partial charge in [0.15, 0.2) is 0 Å². The average molecular weight is 500 g/mol. The molecule has 1 aliphatic heterocycles. The van der Waals surface area contributed by atoms with Crippen LogP contribution in [0.5, 0.6) is 11.5 Å². The third-order valence-electron chi connectivity index (χ3n) is 4.78. The Kier molecular flexibility index (Phi) is 5.68. The molecule has 1 heterocycles. The lowest BCUT2D eigenvalue weighted by atomic mass is 9.83. The van der Waals surface area contributed by atoms with Crippen LogP contribution in [0.4, 0.5) is 4.39 Å². The number of nitrogens with zero attached hydrogens (tertiary/aromatic N) is 1. The summed E-state index contributed by atoms with van der Waals surface area (Å²) in [6, 6.07) is 17.7. The Morgan fingerprint density at radius 3 is 2.68 bits per heavy atom. The summed E-state index contributed by atoms with van der Waals surface area (Å²) in [6.45, 7) is 0. The lowest BCUT2D eigenvalue weighted by Gasteiger charge is -2.27. The fraction of sp³-hybridized carbons (Fsp3) is 0.0435. The number of ether oxygens (including phenoxy) is 2. The Morgan fingerprint density at radius 1 is 1.19 bits per heavy atom. The third kappa shape index (κ3) is 3.88. The monoisotopic (exact) mass is 498 g/mol. The molecule has 1 atom stereocenters. The number of halogens is 3. The number of carbonyl (C=O) groups excluding carboxylic acids is 1. The minimum atomic E-state index is -0.865. The molecule has 0 spiro atoms. The van der Waals surface area contributed by atoms with Crippen molar-refractivity contribution in [1.82, 2.24) is 0 Å². The van der Waals surface area contributed by atoms with Gasteiger partial charge >= 0.3 is 5.97 Å². The first-order chi connectivity index (χ1) is 14.9. The van der Waals surface area contributed by atoms with Gasteiger partial charge in [0.25, 0.3) is 0 Å². The predicted molar refractivity (Wildman–Crippen MR) is 116 cm³/mol. The van der Waals surface area contributed by atoms with Gasteiger partial charge in [0.2, 0.25) is 5.88 Å². The van der Waals surface area contributed by atoms with E-state index in [4.69, 9.17) is 26.8 Å². The van der Waals surface area contributed by atoms with Gasteiger partial charge in [-0.15, -0.1) is 0 Å². The van der Waals surface area contributed by atoms with Gasteiger partial charge in [-0.2, -0.15) is 5.26 Å². The van der Waals surface area contributed by atoms with Crippen LogP contribution in [-0.2, 0) is 0 Å². The number of fused-ring (bicyclic) bond motifs is 1. The maximum Gasteiger partial charge on any atom is 0.344 e. The quantitative estimate of drug-likeness (QED) is 0.370. The minimum Gasteiger partial charge on any atom is -0.440 e. The van der Waals surface area contributed by atoms with Crippen molar-refractivity contribution in [3.8, 4) is 17.6 Å². The highest BCUT2D eigenvalue weighted by molar-refractivity contribution is 9.10. The highest BCUT2D eigenvalue weighted by atomic mass is 79.9. The van der Waals surface area contributed by atoms with Crippen molar-refractivity contribution in [3.05, 3.63) is 104 Å². The van der Waals surface area contributed by atoms with Crippen LogP contribution in [0.25, 0.3) is 0 Å². The van der Waals surface area contributed by atoms with E-state index in [1.165, 1.54) is 30.3 Å². The van der Waals surface area contributed by atoms with Crippen LogP contribution in [0.1, 0.15) is 27.4 Å². The largest absolute Gasteiger partial charge is 0.440 e. The summed E-state index contributed by atoms with van der Waals surface area (Å²) in [6.07, 6.45) is 0. The molecule has 1 aliphatic rings. The van der Waals surface area contributed by atoms with Crippen molar-refractivity contribution in [2.45, 2.75) is 5.92 Å². The van der Waals surface area contributed by atoms with Crippen molar-refractivity contribution < 1.29 is 18.7 Å². The predicted octanol–water partition coefficient (Wildman–Crippen LogP) is 5.68. The number of benzene rings is 3. The van der Waals surface area contributed by atoms with Gasteiger partial charge in [-0.3, -0.25) is 0 Å². The van der Waals surface area contributed by atoms with E-state index in [0.717, 1.165) is 0 Å². The Hall–Kier alpha value is -3.34. The molecule has 3 aromatic rings. The topological polar surface area (TPSA) is 85.3 Å². The van der Waals surface area contributed by atoms with E-state index in [1.54, 1.807) is 30.3 Å². The van der Waals surface area contributed by atoms with Crippen LogP contribution in [0, 0.1) is 17.1 Å². The Bertz CT molecular complexity index is 1270. The van der Waals surface area contributed by atoms with Crippen molar-refractivity contribution in [2.75, 3.05) is 0 Å². The molecular formula is C23H13BrClFN2O3. The van der Waals surface area contributed by atoms with Crippen LogP contribution in [0.3, 0.4) is 0 Å². The highest BCUT2D eigenvalue weighted by Gasteiger charge is 2.34. The maximum absolute atomic E-state index is 14.7. The maximum atomic E-state index is 14.7. The van der Waals surface area contributed by atoms with E-state index in [1.807, 2.05) is 6.07 Å². The molecule has 0 amide bonds. The first kappa shape index (κ1) is 20.9. The molecule has 154 valence electrons. The molecule has 0 fully saturated rings. The first-order valence-corrected chi connectivity index (χ1v) is 10.2. The third-order valence-corrected chi connectivity index (χ3v) is 5.80. The van der Waals surface area contributed by atoms with Crippen LogP contribution >= 0.6 is 27.5 Å². The molecule has 0 saturated carbocycles. The molecule has 1 unspecified atom stereocenters. The zero-order valence-corrected chi connectivity index (χ0v) is 18.1. The fourth-order valence-electron chi connectivity index (χ4n) is 3.37. The summed E-state index contributed by atoms with van der Waals surface area (Å²) < 4.78 is 26.3. The molecule has 4 rings (SSSR count). The molecule has 5 nitrogen and oxygen atoms in total. The van der Waals surface area contributed by atoms with Gasteiger partial charge in [0.1, 0.15) is 29.0 Å². The lowest BCUT2D eigenvalue weighted by molar-refractivity contribution is 0.0733. The number of hydrogen-bond acceptors (Lipinski definition) is 5. The van der Waals surface area contributed by atoms with Crippen LogP contribution in [0.2, 0.25) is 5.02 Å². The van der Waals surface area contributed by atoms with Gasteiger partial charge < -0.3 is 15.2 Å². The number of rotatable bonds is 3. The normalized spacial score (nSPS) is 15.0. The van der Waals surface area contributed by atoms with Gasteiger partial charge in [0, 0.05) is 26.7 Å². The summed E-state index contributed by atoms with van der Waals surface area (Å²) in [7, 11) is 0. The molecule has 0 saturated heterocycles. The smallest absolute Gasteiger partial charge is 0.344 e. The molecule has 3 aromatic carbocycles. The first-order valence-electron chi connectivity index (χ1n) is 9.03. The minimum absolute atomic E-state index is 0.0393. The number of carbonyl (C=O) groups is 1. The van der Waals surface area contributed by atoms with Gasteiger partial charge in [-0.05, 0) is 46.3 Å². The van der Waals surface area contributed by atoms with Crippen LogP contribution in [-0.4, -0.2) is 5.97 Å². The molecule has 0 bridgehead atoms. The molecule has 31 heavy (non-hydrogen) atoms. The van der Waals surface area contributed by atoms with Gasteiger partial charge in [-0.25, -0.2) is 9.18 Å². The summed E-state index contributed by atoms with van der Waals surface area (Å²) in [5.41, 5.74) is 6.93. The molecule has 0 radical (unpaired) electrons. The number of esters is 1. The number of allylic oxidation sites excluding steroid dienone is 1. The SMILES string of the molecule is N#CC1=C(N)Oc2cc(OC(=O)c3ccccc3Br)ccc2C1c1c(F)cccc1Cl. The van der Waals surface area contributed by atoms with Crippen LogP contribution in [0.15, 0.2) is 76.6 Å². The summed E-state index contributed by atoms with van der Waals surface area (Å²) in [4.78, 5) is 12.5. The van der Waals surface area contributed by atoms with Gasteiger partial charge in [-0.1, -0.05) is 35.9 Å². The van der Waals surface area contributed by atoms with E-state index >= 15 is 0 Å². The molecule has 0 aliphatic carbocycles. The molecular weight excluding hydrogens is 487 g/mol. The van der Waals surface area contributed by atoms with E-state index in [-0.39, 0.29) is 33.5 Å². The summed E-state index contributed by atoms with van der Waals surface area (Å²) in [5.74, 6) is -1.75. The molecule has 2 N–H and O–H groups in total. The summed E-state index contributed by atoms with van der Waals surface area (Å²) >= 11 is 9.57. The van der Waals surface area contributed by atoms with Crippen molar-refractivity contribution in [2.24, 2.45) is 5.73 Å². The second kappa shape index (κ2) is 8.42. The zero-order chi connectivity index (χ0) is 22.1. The number of nitriles is 1. The second-order valence-electron chi connectivity index (χ2n) is 6.63. The second-order valence-corrected chi connectivity index (χ2v) is 7.89. The average Bonchev–Trinajstić information content (AvgIpc) is 2.73. The zero-order valence-electron chi connectivity index (χ0n) is 15.7. The standard InChI is InChI=1S/C23H13BrClFN2O3/c24-16-5-2-1-4-13(16)23(29)30-12-8-9-14-19(10-12)31-22(28)15(11-27)20(14)21-17(25)6-3-7-18(21)26/h1-10,20H,28H2. The highest BCUT2D eigenvalue weighted by Crippen LogP contribution is 2.46.